The van der Waals surface area contributed by atoms with Crippen molar-refractivity contribution in [3.63, 3.8) is 0 Å². The normalized spacial score (nSPS) is 15.3. The first-order valence-corrected chi connectivity index (χ1v) is 9.51. The number of carbonyl (C=O) groups is 2. The molecular weight excluding hydrogens is 398 g/mol. The van der Waals surface area contributed by atoms with Gasteiger partial charge in [0.25, 0.3) is 5.91 Å². The highest BCUT2D eigenvalue weighted by atomic mass is 79.9. The molecule has 1 aliphatic rings. The molecule has 0 unspecified atom stereocenters. The Hall–Kier alpha value is -2.22. The van der Waals surface area contributed by atoms with Crippen molar-refractivity contribution in [1.29, 1.82) is 0 Å². The average Bonchev–Trinajstić information content (AvgIpc) is 3.04. The van der Waals surface area contributed by atoms with E-state index in [4.69, 9.17) is 0 Å². The molecule has 0 spiro atoms. The fourth-order valence-corrected chi connectivity index (χ4v) is 3.83. The highest BCUT2D eigenvalue weighted by molar-refractivity contribution is 9.10. The minimum absolute atomic E-state index is 0.0427. The average molecular weight is 420 g/mol. The highest BCUT2D eigenvalue weighted by Gasteiger charge is 2.30. The lowest BCUT2D eigenvalue weighted by Crippen LogP contribution is -2.41. The van der Waals surface area contributed by atoms with Gasteiger partial charge in [-0.15, -0.1) is 0 Å². The standard InChI is InChI=1S/C18H22BrN5O2/c1-11(2)15-14(19)16(23-22-15)18(26)24-9-6-12(7-10-24)17(25)21-13-5-3-4-8-20-13/h3-5,8,11-12H,6-7,9-10H2,1-2H3,(H,22,23)(H,20,21,25). The van der Waals surface area contributed by atoms with Gasteiger partial charge < -0.3 is 10.2 Å². The molecule has 3 heterocycles. The number of amides is 2. The fraction of sp³-hybridized carbons (Fsp3) is 0.444. The van der Waals surface area contributed by atoms with Crippen molar-refractivity contribution in [2.24, 2.45) is 5.92 Å². The smallest absolute Gasteiger partial charge is 0.275 e. The molecule has 26 heavy (non-hydrogen) atoms. The van der Waals surface area contributed by atoms with Crippen molar-refractivity contribution in [1.82, 2.24) is 20.1 Å². The Bertz CT molecular complexity index is 782. The maximum absolute atomic E-state index is 12.7. The third kappa shape index (κ3) is 3.95. The van der Waals surface area contributed by atoms with Crippen molar-refractivity contribution in [2.75, 3.05) is 18.4 Å². The van der Waals surface area contributed by atoms with Crippen LogP contribution in [-0.2, 0) is 4.79 Å². The first kappa shape index (κ1) is 18.6. The number of nitrogens with one attached hydrogen (secondary N) is 2. The van der Waals surface area contributed by atoms with Crippen molar-refractivity contribution >= 4 is 33.6 Å². The van der Waals surface area contributed by atoms with E-state index in [9.17, 15) is 9.59 Å². The topological polar surface area (TPSA) is 91.0 Å². The summed E-state index contributed by atoms with van der Waals surface area (Å²) in [7, 11) is 0. The van der Waals surface area contributed by atoms with Crippen LogP contribution >= 0.6 is 15.9 Å². The summed E-state index contributed by atoms with van der Waals surface area (Å²) in [6.07, 6.45) is 2.90. The summed E-state index contributed by atoms with van der Waals surface area (Å²) in [5.74, 6) is 0.537. The number of pyridine rings is 1. The molecule has 0 radical (unpaired) electrons. The molecule has 0 aromatic carbocycles. The van der Waals surface area contributed by atoms with E-state index in [1.54, 1.807) is 23.2 Å². The van der Waals surface area contributed by atoms with E-state index in [2.05, 4.69) is 36.4 Å². The number of likely N-dealkylation sites (tertiary alicyclic amines) is 1. The van der Waals surface area contributed by atoms with E-state index in [0.29, 0.717) is 37.4 Å². The maximum Gasteiger partial charge on any atom is 0.275 e. The molecule has 0 saturated carbocycles. The second-order valence-corrected chi connectivity index (χ2v) is 7.52. The molecule has 0 atom stereocenters. The van der Waals surface area contributed by atoms with Gasteiger partial charge in [-0.1, -0.05) is 19.9 Å². The van der Waals surface area contributed by atoms with Crippen LogP contribution in [0.2, 0.25) is 0 Å². The van der Waals surface area contributed by atoms with E-state index in [0.717, 1.165) is 10.2 Å². The van der Waals surface area contributed by atoms with Crippen LogP contribution in [0, 0.1) is 5.92 Å². The SMILES string of the molecule is CC(C)c1[nH]nc(C(=O)N2CCC(C(=O)Nc3ccccn3)CC2)c1Br. The van der Waals surface area contributed by atoms with Crippen LogP contribution in [0.4, 0.5) is 5.82 Å². The van der Waals surface area contributed by atoms with E-state index in [1.165, 1.54) is 0 Å². The van der Waals surface area contributed by atoms with Gasteiger partial charge in [0.1, 0.15) is 5.82 Å². The molecule has 3 rings (SSSR count). The van der Waals surface area contributed by atoms with Crippen LogP contribution in [0.15, 0.2) is 28.9 Å². The predicted molar refractivity (Wildman–Crippen MR) is 102 cm³/mol. The first-order chi connectivity index (χ1) is 12.5. The zero-order chi connectivity index (χ0) is 18.7. The van der Waals surface area contributed by atoms with Gasteiger partial charge in [0.2, 0.25) is 5.91 Å². The Kier molecular flexibility index (Phi) is 5.70. The molecule has 1 aliphatic heterocycles. The van der Waals surface area contributed by atoms with Gasteiger partial charge >= 0.3 is 0 Å². The number of hydrogen-bond acceptors (Lipinski definition) is 4. The Labute approximate surface area is 160 Å². The lowest BCUT2D eigenvalue weighted by Gasteiger charge is -2.30. The van der Waals surface area contributed by atoms with Crippen molar-refractivity contribution in [3.05, 3.63) is 40.3 Å². The number of rotatable bonds is 4. The van der Waals surface area contributed by atoms with Crippen LogP contribution in [0.3, 0.4) is 0 Å². The summed E-state index contributed by atoms with van der Waals surface area (Å²) < 4.78 is 0.729. The van der Waals surface area contributed by atoms with Gasteiger partial charge in [-0.05, 0) is 46.8 Å². The summed E-state index contributed by atoms with van der Waals surface area (Å²) in [4.78, 5) is 31.0. The van der Waals surface area contributed by atoms with E-state index in [-0.39, 0.29) is 23.7 Å². The van der Waals surface area contributed by atoms with Crippen LogP contribution in [0.1, 0.15) is 48.8 Å². The minimum Gasteiger partial charge on any atom is -0.337 e. The highest BCUT2D eigenvalue weighted by Crippen LogP contribution is 2.28. The molecular formula is C18H22BrN5O2. The third-order valence-electron chi connectivity index (χ3n) is 4.58. The number of nitrogens with zero attached hydrogens (tertiary/aromatic N) is 3. The molecule has 0 bridgehead atoms. The molecule has 7 nitrogen and oxygen atoms in total. The van der Waals surface area contributed by atoms with Crippen LogP contribution in [0.25, 0.3) is 0 Å². The molecule has 2 aromatic rings. The number of hydrogen-bond donors (Lipinski definition) is 2. The number of H-pyrrole nitrogens is 1. The lowest BCUT2D eigenvalue weighted by atomic mass is 9.95. The Morgan fingerprint density at radius 3 is 2.62 bits per heavy atom. The van der Waals surface area contributed by atoms with Gasteiger partial charge in [0, 0.05) is 25.2 Å². The quantitative estimate of drug-likeness (QED) is 0.795. The number of anilines is 1. The van der Waals surface area contributed by atoms with Gasteiger partial charge in [0.05, 0.1) is 10.2 Å². The summed E-state index contributed by atoms with van der Waals surface area (Å²) in [5.41, 5.74) is 1.32. The van der Waals surface area contributed by atoms with Gasteiger partial charge in [-0.2, -0.15) is 5.10 Å². The predicted octanol–water partition coefficient (Wildman–Crippen LogP) is 3.18. The van der Waals surface area contributed by atoms with Crippen LogP contribution in [-0.4, -0.2) is 45.0 Å². The lowest BCUT2D eigenvalue weighted by molar-refractivity contribution is -0.121. The molecule has 2 N–H and O–H groups in total. The van der Waals surface area contributed by atoms with Crippen molar-refractivity contribution in [2.45, 2.75) is 32.6 Å². The summed E-state index contributed by atoms with van der Waals surface area (Å²) in [6, 6.07) is 5.40. The molecule has 2 aromatic heterocycles. The fourth-order valence-electron chi connectivity index (χ4n) is 3.03. The molecule has 0 aliphatic carbocycles. The second kappa shape index (κ2) is 7.99. The largest absolute Gasteiger partial charge is 0.337 e. The van der Waals surface area contributed by atoms with Crippen LogP contribution in [0.5, 0.6) is 0 Å². The maximum atomic E-state index is 12.7. The molecule has 8 heteroatoms. The van der Waals surface area contributed by atoms with Gasteiger partial charge in [-0.3, -0.25) is 14.7 Å². The number of aromatic amines is 1. The summed E-state index contributed by atoms with van der Waals surface area (Å²) in [6.45, 7) is 5.15. The molecule has 1 fully saturated rings. The number of halogens is 1. The number of carbonyl (C=O) groups excluding carboxylic acids is 2. The van der Waals surface area contributed by atoms with Crippen molar-refractivity contribution < 1.29 is 9.59 Å². The van der Waals surface area contributed by atoms with Gasteiger partial charge in [-0.25, -0.2) is 4.98 Å². The summed E-state index contributed by atoms with van der Waals surface area (Å²) >= 11 is 3.48. The second-order valence-electron chi connectivity index (χ2n) is 6.73. The Morgan fingerprint density at radius 1 is 1.31 bits per heavy atom. The monoisotopic (exact) mass is 419 g/mol. The van der Waals surface area contributed by atoms with E-state index >= 15 is 0 Å². The Morgan fingerprint density at radius 2 is 2.04 bits per heavy atom. The molecule has 2 amide bonds. The Balaban J connectivity index is 1.58. The van der Waals surface area contributed by atoms with Crippen LogP contribution < -0.4 is 5.32 Å². The van der Waals surface area contributed by atoms with E-state index in [1.807, 2.05) is 19.9 Å². The zero-order valence-electron chi connectivity index (χ0n) is 14.8. The zero-order valence-corrected chi connectivity index (χ0v) is 16.4. The van der Waals surface area contributed by atoms with E-state index < -0.39 is 0 Å². The third-order valence-corrected chi connectivity index (χ3v) is 5.38. The van der Waals surface area contributed by atoms with Crippen molar-refractivity contribution in [3.8, 4) is 0 Å². The molecule has 138 valence electrons. The summed E-state index contributed by atoms with van der Waals surface area (Å²) in [5, 5.41) is 9.94. The molecule has 1 saturated heterocycles. The number of aromatic nitrogens is 3. The minimum atomic E-state index is -0.116. The first-order valence-electron chi connectivity index (χ1n) is 8.72. The number of piperidine rings is 1. The van der Waals surface area contributed by atoms with Gasteiger partial charge in [0.15, 0.2) is 5.69 Å².